The molecule has 0 spiro atoms. The van der Waals surface area contributed by atoms with Gasteiger partial charge < -0.3 is 9.47 Å². The van der Waals surface area contributed by atoms with Crippen molar-refractivity contribution >= 4 is 46.8 Å². The van der Waals surface area contributed by atoms with E-state index in [2.05, 4.69) is 30.5 Å². The number of anilines is 1. The van der Waals surface area contributed by atoms with E-state index in [-0.39, 0.29) is 11.8 Å². The predicted molar refractivity (Wildman–Crippen MR) is 105 cm³/mol. The van der Waals surface area contributed by atoms with Crippen LogP contribution in [-0.4, -0.2) is 41.1 Å². The van der Waals surface area contributed by atoms with Crippen molar-refractivity contribution in [2.24, 2.45) is 16.1 Å². The standard InChI is InChI=1S/C18H20N6O5/c1-9-8-14(27)22-23-15(9)12-4-6-13(7-5-12)21-24-16(17(19)28-10(2)25)18(20)29-11(3)26/h4-7,9,19-21H,8H2,1-3H3,(H,22,27)/t9-/m1/s1. The molecule has 1 aromatic rings. The van der Waals surface area contributed by atoms with Crippen LogP contribution in [-0.2, 0) is 23.9 Å². The Kier molecular flexibility index (Phi) is 6.90. The molecule has 152 valence electrons. The monoisotopic (exact) mass is 400 g/mol. The lowest BCUT2D eigenvalue weighted by atomic mass is 9.94. The average molecular weight is 400 g/mol. The van der Waals surface area contributed by atoms with Gasteiger partial charge in [-0.3, -0.25) is 30.6 Å². The van der Waals surface area contributed by atoms with Crippen LogP contribution >= 0.6 is 0 Å². The molecule has 0 saturated carbocycles. The third kappa shape index (κ3) is 6.06. The smallest absolute Gasteiger partial charge is 0.309 e. The summed E-state index contributed by atoms with van der Waals surface area (Å²) in [5.74, 6) is -3.20. The Hall–Kier alpha value is -3.89. The molecule has 1 amide bonds. The van der Waals surface area contributed by atoms with Gasteiger partial charge in [-0.15, -0.1) is 0 Å². The van der Waals surface area contributed by atoms with Gasteiger partial charge in [-0.25, -0.2) is 5.43 Å². The van der Waals surface area contributed by atoms with Crippen LogP contribution in [0.3, 0.4) is 0 Å². The molecular weight excluding hydrogens is 380 g/mol. The maximum atomic E-state index is 11.4. The van der Waals surface area contributed by atoms with Gasteiger partial charge in [0.15, 0.2) is 0 Å². The Balaban J connectivity index is 2.18. The van der Waals surface area contributed by atoms with Gasteiger partial charge >= 0.3 is 11.9 Å². The molecule has 11 nitrogen and oxygen atoms in total. The molecule has 1 aliphatic rings. The Morgan fingerprint density at radius 3 is 2.17 bits per heavy atom. The van der Waals surface area contributed by atoms with Gasteiger partial charge in [-0.05, 0) is 17.7 Å². The first-order valence-corrected chi connectivity index (χ1v) is 8.52. The highest BCUT2D eigenvalue weighted by Crippen LogP contribution is 2.18. The summed E-state index contributed by atoms with van der Waals surface area (Å²) in [5, 5.41) is 23.4. The maximum Gasteiger partial charge on any atom is 0.309 e. The van der Waals surface area contributed by atoms with Crippen LogP contribution in [0.2, 0.25) is 0 Å². The molecule has 29 heavy (non-hydrogen) atoms. The van der Waals surface area contributed by atoms with Gasteiger partial charge in [0.2, 0.25) is 23.4 Å². The summed E-state index contributed by atoms with van der Waals surface area (Å²) in [6, 6.07) is 6.87. The second-order valence-corrected chi connectivity index (χ2v) is 6.13. The van der Waals surface area contributed by atoms with Gasteiger partial charge in [0.1, 0.15) is 0 Å². The predicted octanol–water partition coefficient (Wildman–Crippen LogP) is 1.40. The molecule has 0 radical (unpaired) electrons. The minimum atomic E-state index is -0.780. The first kappa shape index (κ1) is 21.4. The van der Waals surface area contributed by atoms with E-state index in [9.17, 15) is 14.4 Å². The highest BCUT2D eigenvalue weighted by Gasteiger charge is 2.22. The molecule has 11 heteroatoms. The minimum absolute atomic E-state index is 0.0272. The number of hydrogen-bond acceptors (Lipinski definition) is 10. The third-order valence-corrected chi connectivity index (χ3v) is 3.66. The molecular formula is C18H20N6O5. The molecule has 2 rings (SSSR count). The highest BCUT2D eigenvalue weighted by atomic mass is 16.6. The molecule has 0 saturated heterocycles. The van der Waals surface area contributed by atoms with E-state index in [1.165, 1.54) is 0 Å². The summed E-state index contributed by atoms with van der Waals surface area (Å²) in [6.07, 6.45) is 0.350. The number of hydrogen-bond donors (Lipinski definition) is 4. The molecule has 0 aliphatic carbocycles. The summed E-state index contributed by atoms with van der Waals surface area (Å²) in [4.78, 5) is 33.5. The zero-order valence-electron chi connectivity index (χ0n) is 16.0. The van der Waals surface area contributed by atoms with E-state index < -0.39 is 29.4 Å². The van der Waals surface area contributed by atoms with Crippen LogP contribution in [0.25, 0.3) is 0 Å². The average Bonchev–Trinajstić information content (AvgIpc) is 2.61. The number of rotatable bonds is 5. The fourth-order valence-electron chi connectivity index (χ4n) is 2.43. The summed E-state index contributed by atoms with van der Waals surface area (Å²) < 4.78 is 9.23. The second-order valence-electron chi connectivity index (χ2n) is 6.13. The first-order chi connectivity index (χ1) is 13.7. The number of benzene rings is 1. The van der Waals surface area contributed by atoms with Crippen molar-refractivity contribution < 1.29 is 23.9 Å². The lowest BCUT2D eigenvalue weighted by molar-refractivity contribution is -0.133. The molecule has 1 atom stereocenters. The summed E-state index contributed by atoms with van der Waals surface area (Å²) in [5.41, 5.74) is 6.65. The fraction of sp³-hybridized carbons (Fsp3) is 0.278. The number of hydrazone groups is 2. The molecule has 1 aromatic carbocycles. The zero-order valence-corrected chi connectivity index (χ0v) is 16.0. The van der Waals surface area contributed by atoms with Gasteiger partial charge in [0.25, 0.3) is 0 Å². The van der Waals surface area contributed by atoms with Gasteiger partial charge in [0.05, 0.1) is 11.4 Å². The SMILES string of the molecule is CC(=O)OC(=N)C(=NNc1ccc(C2=NNC(=O)C[C@H]2C)cc1)C(=N)OC(C)=O. The quantitative estimate of drug-likeness (QED) is 0.252. The topological polar surface area (TPSA) is 166 Å². The number of amides is 1. The largest absolute Gasteiger partial charge is 0.406 e. The van der Waals surface area contributed by atoms with E-state index >= 15 is 0 Å². The van der Waals surface area contributed by atoms with Crippen molar-refractivity contribution in [3.63, 3.8) is 0 Å². The summed E-state index contributed by atoms with van der Waals surface area (Å²) in [6.45, 7) is 4.08. The molecule has 1 aliphatic heterocycles. The third-order valence-electron chi connectivity index (χ3n) is 3.66. The Bertz CT molecular complexity index is 889. The molecule has 4 N–H and O–H groups in total. The van der Waals surface area contributed by atoms with Crippen LogP contribution in [0, 0.1) is 16.7 Å². The van der Waals surface area contributed by atoms with Crippen molar-refractivity contribution in [3.05, 3.63) is 29.8 Å². The molecule has 0 unspecified atom stereocenters. The lowest BCUT2D eigenvalue weighted by Crippen LogP contribution is -2.31. The number of ether oxygens (including phenoxy) is 2. The van der Waals surface area contributed by atoms with Crippen LogP contribution in [0.4, 0.5) is 5.69 Å². The molecule has 0 bridgehead atoms. The Morgan fingerprint density at radius 1 is 1.14 bits per heavy atom. The van der Waals surface area contributed by atoms with Crippen molar-refractivity contribution in [2.75, 3.05) is 5.43 Å². The number of nitrogens with one attached hydrogen (secondary N) is 4. The van der Waals surface area contributed by atoms with Gasteiger partial charge in [-0.2, -0.15) is 10.2 Å². The minimum Gasteiger partial charge on any atom is -0.406 e. The van der Waals surface area contributed by atoms with Gasteiger partial charge in [0, 0.05) is 26.2 Å². The van der Waals surface area contributed by atoms with E-state index in [0.29, 0.717) is 12.1 Å². The normalized spacial score (nSPS) is 15.3. The van der Waals surface area contributed by atoms with Crippen molar-refractivity contribution in [3.8, 4) is 0 Å². The van der Waals surface area contributed by atoms with Crippen molar-refractivity contribution in [1.82, 2.24) is 5.43 Å². The second kappa shape index (κ2) is 9.35. The highest BCUT2D eigenvalue weighted by molar-refractivity contribution is 6.65. The van der Waals surface area contributed by atoms with E-state index in [1.807, 2.05) is 6.92 Å². The maximum absolute atomic E-state index is 11.4. The van der Waals surface area contributed by atoms with Crippen molar-refractivity contribution in [2.45, 2.75) is 27.2 Å². The number of carbonyl (C=O) groups excluding carboxylic acids is 3. The molecule has 0 aromatic heterocycles. The van der Waals surface area contributed by atoms with Crippen molar-refractivity contribution in [1.29, 1.82) is 10.8 Å². The van der Waals surface area contributed by atoms with Gasteiger partial charge in [-0.1, -0.05) is 19.1 Å². The molecule has 0 fully saturated rings. The number of carbonyl (C=O) groups is 3. The lowest BCUT2D eigenvalue weighted by Gasteiger charge is -2.19. The number of nitrogens with zero attached hydrogens (tertiary/aromatic N) is 2. The van der Waals surface area contributed by atoms with E-state index in [4.69, 9.17) is 10.8 Å². The summed E-state index contributed by atoms with van der Waals surface area (Å²) >= 11 is 0. The Morgan fingerprint density at radius 2 is 1.69 bits per heavy atom. The van der Waals surface area contributed by atoms with Crippen LogP contribution in [0.5, 0.6) is 0 Å². The molecule has 1 heterocycles. The fourth-order valence-corrected chi connectivity index (χ4v) is 2.43. The van der Waals surface area contributed by atoms with E-state index in [1.54, 1.807) is 24.3 Å². The van der Waals surface area contributed by atoms with Crippen LogP contribution < -0.4 is 10.9 Å². The van der Waals surface area contributed by atoms with Crippen LogP contribution in [0.15, 0.2) is 34.5 Å². The zero-order chi connectivity index (χ0) is 21.6. The Labute approximate surface area is 166 Å². The summed E-state index contributed by atoms with van der Waals surface area (Å²) in [7, 11) is 0. The first-order valence-electron chi connectivity index (χ1n) is 8.52. The van der Waals surface area contributed by atoms with Crippen LogP contribution in [0.1, 0.15) is 32.8 Å². The number of esters is 2. The van der Waals surface area contributed by atoms with E-state index in [0.717, 1.165) is 25.1 Å².